The van der Waals surface area contributed by atoms with Crippen molar-refractivity contribution in [3.8, 4) is 17.6 Å². The Labute approximate surface area is 178 Å². The lowest BCUT2D eigenvalue weighted by molar-refractivity contribution is 0.0730. The maximum absolute atomic E-state index is 12.4. The van der Waals surface area contributed by atoms with Gasteiger partial charge in [0.15, 0.2) is 11.5 Å². The minimum absolute atomic E-state index is 0.250. The standard InChI is InChI=1S/C23H15Cl2NO3/c1-28-22-13-15(12-17(14-26)16-7-9-18(24)10-8-16)6-11-21(22)29-23(27)19-4-2-3-5-20(19)25/h2-13H,1H3/b17-12-. The average Bonchev–Trinajstić information content (AvgIpc) is 2.73. The number of benzene rings is 3. The third-order valence-electron chi connectivity index (χ3n) is 4.07. The fourth-order valence-electron chi connectivity index (χ4n) is 2.62. The molecule has 0 aromatic heterocycles. The second-order valence-corrected chi connectivity index (χ2v) is 6.80. The normalized spacial score (nSPS) is 10.9. The van der Waals surface area contributed by atoms with Crippen LogP contribution < -0.4 is 9.47 Å². The molecule has 0 N–H and O–H groups in total. The summed E-state index contributed by atoms with van der Waals surface area (Å²) >= 11 is 12.0. The van der Waals surface area contributed by atoms with Crippen molar-refractivity contribution in [1.82, 2.24) is 0 Å². The Morgan fingerprint density at radius 2 is 1.72 bits per heavy atom. The molecule has 3 aromatic rings. The Morgan fingerprint density at radius 1 is 1.00 bits per heavy atom. The van der Waals surface area contributed by atoms with E-state index in [0.717, 1.165) is 5.56 Å². The molecule has 0 heterocycles. The summed E-state index contributed by atoms with van der Waals surface area (Å²) < 4.78 is 10.8. The Hall–Kier alpha value is -3.26. The molecule has 3 aromatic carbocycles. The number of halogens is 2. The molecule has 0 aliphatic heterocycles. The molecule has 0 saturated heterocycles. The van der Waals surface area contributed by atoms with Crippen LogP contribution in [0.2, 0.25) is 10.0 Å². The van der Waals surface area contributed by atoms with E-state index in [2.05, 4.69) is 6.07 Å². The summed E-state index contributed by atoms with van der Waals surface area (Å²) in [5.74, 6) is 0.0168. The van der Waals surface area contributed by atoms with E-state index in [1.165, 1.54) is 7.11 Å². The number of nitriles is 1. The summed E-state index contributed by atoms with van der Waals surface area (Å²) in [6.45, 7) is 0. The molecule has 0 aliphatic rings. The predicted molar refractivity (Wildman–Crippen MR) is 114 cm³/mol. The fourth-order valence-corrected chi connectivity index (χ4v) is 2.96. The van der Waals surface area contributed by atoms with Crippen molar-refractivity contribution in [2.75, 3.05) is 7.11 Å². The van der Waals surface area contributed by atoms with Crippen LogP contribution in [0.3, 0.4) is 0 Å². The van der Waals surface area contributed by atoms with E-state index in [1.807, 2.05) is 0 Å². The number of hydrogen-bond donors (Lipinski definition) is 0. The molecule has 144 valence electrons. The zero-order valence-corrected chi connectivity index (χ0v) is 16.9. The van der Waals surface area contributed by atoms with Crippen molar-refractivity contribution >= 4 is 40.8 Å². The van der Waals surface area contributed by atoms with Gasteiger partial charge in [0.1, 0.15) is 0 Å². The van der Waals surface area contributed by atoms with Gasteiger partial charge < -0.3 is 9.47 Å². The number of carbonyl (C=O) groups excluding carboxylic acids is 1. The van der Waals surface area contributed by atoms with Crippen molar-refractivity contribution < 1.29 is 14.3 Å². The van der Waals surface area contributed by atoms with Crippen molar-refractivity contribution in [3.63, 3.8) is 0 Å². The minimum atomic E-state index is -0.587. The number of rotatable bonds is 5. The van der Waals surface area contributed by atoms with Gasteiger partial charge >= 0.3 is 5.97 Å². The summed E-state index contributed by atoms with van der Waals surface area (Å²) in [5, 5.41) is 10.4. The second kappa shape index (κ2) is 9.29. The highest BCUT2D eigenvalue weighted by molar-refractivity contribution is 6.33. The highest BCUT2D eigenvalue weighted by atomic mass is 35.5. The van der Waals surface area contributed by atoms with Gasteiger partial charge in [-0.15, -0.1) is 0 Å². The van der Waals surface area contributed by atoms with Gasteiger partial charge in [0, 0.05) is 5.02 Å². The lowest BCUT2D eigenvalue weighted by Gasteiger charge is -2.11. The van der Waals surface area contributed by atoms with Crippen LogP contribution in [0.5, 0.6) is 11.5 Å². The third kappa shape index (κ3) is 4.97. The topological polar surface area (TPSA) is 59.3 Å². The van der Waals surface area contributed by atoms with Gasteiger partial charge in [0.25, 0.3) is 0 Å². The summed E-state index contributed by atoms with van der Waals surface area (Å²) in [5.41, 5.74) is 2.18. The highest BCUT2D eigenvalue weighted by Gasteiger charge is 2.15. The smallest absolute Gasteiger partial charge is 0.345 e. The molecule has 0 bridgehead atoms. The van der Waals surface area contributed by atoms with E-state index in [4.69, 9.17) is 32.7 Å². The summed E-state index contributed by atoms with van der Waals surface area (Å²) in [6, 6.07) is 20.8. The first-order valence-electron chi connectivity index (χ1n) is 8.54. The van der Waals surface area contributed by atoms with Crippen LogP contribution in [-0.2, 0) is 0 Å². The molecule has 3 rings (SSSR count). The van der Waals surface area contributed by atoms with E-state index in [1.54, 1.807) is 72.8 Å². The van der Waals surface area contributed by atoms with Gasteiger partial charge in [-0.3, -0.25) is 0 Å². The van der Waals surface area contributed by atoms with Gasteiger partial charge in [-0.05, 0) is 53.6 Å². The Morgan fingerprint density at radius 3 is 2.38 bits per heavy atom. The van der Waals surface area contributed by atoms with Crippen LogP contribution in [0.1, 0.15) is 21.5 Å². The van der Waals surface area contributed by atoms with Gasteiger partial charge in [-0.2, -0.15) is 5.26 Å². The van der Waals surface area contributed by atoms with Crippen LogP contribution in [0.25, 0.3) is 11.6 Å². The number of carbonyl (C=O) groups is 1. The molecule has 29 heavy (non-hydrogen) atoms. The molecule has 6 heteroatoms. The summed E-state index contributed by atoms with van der Waals surface area (Å²) in [6.07, 6.45) is 1.71. The minimum Gasteiger partial charge on any atom is -0.493 e. The Kier molecular flexibility index (Phi) is 6.56. The van der Waals surface area contributed by atoms with Gasteiger partial charge in [-0.25, -0.2) is 4.79 Å². The molecule has 0 aliphatic carbocycles. The summed E-state index contributed by atoms with van der Waals surface area (Å²) in [7, 11) is 1.47. The lowest BCUT2D eigenvalue weighted by atomic mass is 10.0. The van der Waals surface area contributed by atoms with Crippen LogP contribution in [0.15, 0.2) is 66.7 Å². The molecule has 0 unspecified atom stereocenters. The van der Waals surface area contributed by atoms with Crippen LogP contribution in [-0.4, -0.2) is 13.1 Å². The third-order valence-corrected chi connectivity index (χ3v) is 4.65. The summed E-state index contributed by atoms with van der Waals surface area (Å²) in [4.78, 5) is 12.4. The first-order chi connectivity index (χ1) is 14.0. The molecule has 0 fully saturated rings. The molecule has 4 nitrogen and oxygen atoms in total. The molecule has 0 radical (unpaired) electrons. The van der Waals surface area contributed by atoms with Crippen molar-refractivity contribution in [1.29, 1.82) is 5.26 Å². The Bertz CT molecular complexity index is 1120. The maximum Gasteiger partial charge on any atom is 0.345 e. The molecular weight excluding hydrogens is 409 g/mol. The predicted octanol–water partition coefficient (Wildman–Crippen LogP) is 6.29. The van der Waals surface area contributed by atoms with Crippen molar-refractivity contribution in [2.24, 2.45) is 0 Å². The highest BCUT2D eigenvalue weighted by Crippen LogP contribution is 2.31. The molecule has 0 saturated carbocycles. The SMILES string of the molecule is COc1cc(/C=C(/C#N)c2ccc(Cl)cc2)ccc1OC(=O)c1ccccc1Cl. The number of esters is 1. The lowest BCUT2D eigenvalue weighted by Crippen LogP contribution is -2.09. The number of ether oxygens (including phenoxy) is 2. The number of methoxy groups -OCH3 is 1. The maximum atomic E-state index is 12.4. The molecule has 0 atom stereocenters. The average molecular weight is 424 g/mol. The van der Waals surface area contributed by atoms with Gasteiger partial charge in [0.2, 0.25) is 0 Å². The van der Waals surface area contributed by atoms with E-state index < -0.39 is 5.97 Å². The van der Waals surface area contributed by atoms with E-state index in [9.17, 15) is 10.1 Å². The molecule has 0 spiro atoms. The van der Waals surface area contributed by atoms with E-state index >= 15 is 0 Å². The monoisotopic (exact) mass is 423 g/mol. The largest absolute Gasteiger partial charge is 0.493 e. The van der Waals surface area contributed by atoms with Crippen LogP contribution in [0, 0.1) is 11.3 Å². The number of nitrogens with zero attached hydrogens (tertiary/aromatic N) is 1. The van der Waals surface area contributed by atoms with E-state index in [0.29, 0.717) is 26.9 Å². The number of hydrogen-bond acceptors (Lipinski definition) is 4. The van der Waals surface area contributed by atoms with Gasteiger partial charge in [-0.1, -0.05) is 53.5 Å². The zero-order chi connectivity index (χ0) is 20.8. The fraction of sp³-hybridized carbons (Fsp3) is 0.0435. The van der Waals surface area contributed by atoms with Crippen LogP contribution >= 0.6 is 23.2 Å². The van der Waals surface area contributed by atoms with Gasteiger partial charge in [0.05, 0.1) is 29.3 Å². The zero-order valence-electron chi connectivity index (χ0n) is 15.4. The van der Waals surface area contributed by atoms with Crippen molar-refractivity contribution in [2.45, 2.75) is 0 Å². The Balaban J connectivity index is 1.88. The first kappa shape index (κ1) is 20.5. The van der Waals surface area contributed by atoms with Crippen molar-refractivity contribution in [3.05, 3.63) is 93.5 Å². The first-order valence-corrected chi connectivity index (χ1v) is 9.30. The van der Waals surface area contributed by atoms with E-state index in [-0.39, 0.29) is 11.3 Å². The molecular formula is C23H15Cl2NO3. The van der Waals surface area contributed by atoms with Crippen LogP contribution in [0.4, 0.5) is 0 Å². The molecule has 0 amide bonds. The quantitative estimate of drug-likeness (QED) is 0.209. The second-order valence-electron chi connectivity index (χ2n) is 5.96. The number of allylic oxidation sites excluding steroid dienone is 1.